The highest BCUT2D eigenvalue weighted by molar-refractivity contribution is 5.87. The van der Waals surface area contributed by atoms with E-state index in [1.165, 1.54) is 16.5 Å². The van der Waals surface area contributed by atoms with Crippen molar-refractivity contribution in [2.45, 2.75) is 52.5 Å². The molecule has 1 unspecified atom stereocenters. The molecule has 4 heteroatoms. The Labute approximate surface area is 148 Å². The molecule has 4 rings (SSSR count). The fourth-order valence-electron chi connectivity index (χ4n) is 3.93. The standard InChI is InChI=1S/C21H25N3O/c1-13(2)16-7-5-8-17-14(3)11-20(22-21(16)17)24-10-6-9-19(24)18-12-15(4)25-23-18/h5,7-8,11-13,19H,6,9-10H2,1-4H3. The van der Waals surface area contributed by atoms with Crippen LogP contribution in [-0.4, -0.2) is 16.7 Å². The van der Waals surface area contributed by atoms with E-state index < -0.39 is 0 Å². The molecule has 1 aliphatic rings. The minimum absolute atomic E-state index is 0.257. The number of rotatable bonds is 3. The van der Waals surface area contributed by atoms with Crippen LogP contribution in [0.2, 0.25) is 0 Å². The van der Waals surface area contributed by atoms with Gasteiger partial charge in [-0.15, -0.1) is 0 Å². The molecule has 130 valence electrons. The monoisotopic (exact) mass is 335 g/mol. The largest absolute Gasteiger partial charge is 0.361 e. The van der Waals surface area contributed by atoms with E-state index in [-0.39, 0.29) is 6.04 Å². The molecule has 0 amide bonds. The second-order valence-electron chi connectivity index (χ2n) is 7.41. The van der Waals surface area contributed by atoms with Crippen LogP contribution in [-0.2, 0) is 0 Å². The van der Waals surface area contributed by atoms with Crippen LogP contribution >= 0.6 is 0 Å². The third kappa shape index (κ3) is 2.80. The molecule has 25 heavy (non-hydrogen) atoms. The zero-order valence-electron chi connectivity index (χ0n) is 15.4. The first kappa shape index (κ1) is 16.1. The number of aromatic nitrogens is 2. The van der Waals surface area contributed by atoms with Gasteiger partial charge in [0, 0.05) is 18.0 Å². The molecule has 3 aromatic rings. The first-order valence-electron chi connectivity index (χ1n) is 9.14. The quantitative estimate of drug-likeness (QED) is 0.651. The van der Waals surface area contributed by atoms with Crippen molar-refractivity contribution in [2.75, 3.05) is 11.4 Å². The van der Waals surface area contributed by atoms with Crippen LogP contribution in [0.15, 0.2) is 34.9 Å². The number of anilines is 1. The number of para-hydroxylation sites is 1. The summed E-state index contributed by atoms with van der Waals surface area (Å²) in [5.74, 6) is 2.38. The SMILES string of the molecule is Cc1cc(C2CCCN2c2cc(C)c3cccc(C(C)C)c3n2)no1. The van der Waals surface area contributed by atoms with Gasteiger partial charge in [0.1, 0.15) is 17.3 Å². The fourth-order valence-corrected chi connectivity index (χ4v) is 3.93. The number of aryl methyl sites for hydroxylation is 2. The summed E-state index contributed by atoms with van der Waals surface area (Å²) in [6.07, 6.45) is 2.25. The summed E-state index contributed by atoms with van der Waals surface area (Å²) in [4.78, 5) is 7.48. The molecular formula is C21H25N3O. The number of fused-ring (bicyclic) bond motifs is 1. The Morgan fingerprint density at radius 3 is 2.76 bits per heavy atom. The van der Waals surface area contributed by atoms with Crippen LogP contribution in [0.3, 0.4) is 0 Å². The smallest absolute Gasteiger partial charge is 0.134 e. The first-order chi connectivity index (χ1) is 12.0. The molecule has 1 aliphatic heterocycles. The number of nitrogens with zero attached hydrogens (tertiary/aromatic N) is 3. The number of benzene rings is 1. The van der Waals surface area contributed by atoms with E-state index in [4.69, 9.17) is 9.51 Å². The summed E-state index contributed by atoms with van der Waals surface area (Å²) in [5.41, 5.74) is 4.75. The summed E-state index contributed by atoms with van der Waals surface area (Å²) in [6.45, 7) is 9.61. The summed E-state index contributed by atoms with van der Waals surface area (Å²) >= 11 is 0. The zero-order chi connectivity index (χ0) is 17.6. The zero-order valence-corrected chi connectivity index (χ0v) is 15.4. The summed E-state index contributed by atoms with van der Waals surface area (Å²) in [5, 5.41) is 5.51. The molecule has 4 nitrogen and oxygen atoms in total. The van der Waals surface area contributed by atoms with Crippen LogP contribution in [0.4, 0.5) is 5.82 Å². The van der Waals surface area contributed by atoms with E-state index in [1.54, 1.807) is 0 Å². The van der Waals surface area contributed by atoms with Crippen LogP contribution in [0.5, 0.6) is 0 Å². The van der Waals surface area contributed by atoms with Gasteiger partial charge in [-0.1, -0.05) is 37.2 Å². The van der Waals surface area contributed by atoms with E-state index in [0.717, 1.165) is 42.2 Å². The number of hydrogen-bond acceptors (Lipinski definition) is 4. The van der Waals surface area contributed by atoms with Crippen LogP contribution < -0.4 is 4.90 Å². The van der Waals surface area contributed by atoms with Gasteiger partial charge in [0.15, 0.2) is 0 Å². The topological polar surface area (TPSA) is 42.2 Å². The molecule has 0 radical (unpaired) electrons. The molecular weight excluding hydrogens is 310 g/mol. The molecule has 1 fully saturated rings. The van der Waals surface area contributed by atoms with Crippen molar-refractivity contribution in [3.8, 4) is 0 Å². The molecule has 2 aromatic heterocycles. The van der Waals surface area contributed by atoms with Crippen LogP contribution in [0.1, 0.15) is 61.2 Å². The summed E-state index contributed by atoms with van der Waals surface area (Å²) in [7, 11) is 0. The second kappa shape index (κ2) is 6.17. The first-order valence-corrected chi connectivity index (χ1v) is 9.14. The summed E-state index contributed by atoms with van der Waals surface area (Å²) in [6, 6.07) is 11.0. The molecule has 0 N–H and O–H groups in total. The summed E-state index contributed by atoms with van der Waals surface area (Å²) < 4.78 is 5.31. The Hall–Kier alpha value is -2.36. The maximum atomic E-state index is 5.31. The van der Waals surface area contributed by atoms with Crippen LogP contribution in [0, 0.1) is 13.8 Å². The Bertz CT molecular complexity index is 913. The maximum Gasteiger partial charge on any atom is 0.134 e. The average molecular weight is 335 g/mol. The van der Waals surface area contributed by atoms with Crippen molar-refractivity contribution in [1.82, 2.24) is 10.1 Å². The normalized spacial score (nSPS) is 17.8. The number of pyridine rings is 1. The second-order valence-corrected chi connectivity index (χ2v) is 7.41. The molecule has 0 aliphatic carbocycles. The third-order valence-corrected chi connectivity index (χ3v) is 5.22. The Balaban J connectivity index is 1.82. The lowest BCUT2D eigenvalue weighted by Crippen LogP contribution is -2.24. The molecule has 3 heterocycles. The Morgan fingerprint density at radius 1 is 1.20 bits per heavy atom. The highest BCUT2D eigenvalue weighted by Crippen LogP contribution is 2.37. The minimum Gasteiger partial charge on any atom is -0.361 e. The Morgan fingerprint density at radius 2 is 2.04 bits per heavy atom. The molecule has 0 spiro atoms. The van der Waals surface area contributed by atoms with E-state index >= 15 is 0 Å². The van der Waals surface area contributed by atoms with Gasteiger partial charge >= 0.3 is 0 Å². The van der Waals surface area contributed by atoms with Crippen molar-refractivity contribution < 1.29 is 4.52 Å². The minimum atomic E-state index is 0.257. The van der Waals surface area contributed by atoms with Gasteiger partial charge in [0.2, 0.25) is 0 Å². The van der Waals surface area contributed by atoms with Gasteiger partial charge in [-0.05, 0) is 49.8 Å². The van der Waals surface area contributed by atoms with E-state index in [2.05, 4.69) is 61.2 Å². The highest BCUT2D eigenvalue weighted by Gasteiger charge is 2.30. The van der Waals surface area contributed by atoms with Gasteiger partial charge in [0.05, 0.1) is 11.6 Å². The van der Waals surface area contributed by atoms with Crippen LogP contribution in [0.25, 0.3) is 10.9 Å². The van der Waals surface area contributed by atoms with Crippen molar-refractivity contribution in [2.24, 2.45) is 0 Å². The predicted octanol–water partition coefficient (Wildman–Crippen LogP) is 5.30. The van der Waals surface area contributed by atoms with Gasteiger partial charge < -0.3 is 9.42 Å². The van der Waals surface area contributed by atoms with Crippen molar-refractivity contribution >= 4 is 16.7 Å². The molecule has 1 saturated heterocycles. The fraction of sp³-hybridized carbons (Fsp3) is 0.429. The molecule has 0 saturated carbocycles. The lowest BCUT2D eigenvalue weighted by molar-refractivity contribution is 0.385. The van der Waals surface area contributed by atoms with Gasteiger partial charge in [-0.2, -0.15) is 0 Å². The molecule has 1 aromatic carbocycles. The van der Waals surface area contributed by atoms with Gasteiger partial charge in [0.25, 0.3) is 0 Å². The van der Waals surface area contributed by atoms with Gasteiger partial charge in [-0.25, -0.2) is 4.98 Å². The number of hydrogen-bond donors (Lipinski definition) is 0. The lowest BCUT2D eigenvalue weighted by atomic mass is 9.98. The highest BCUT2D eigenvalue weighted by atomic mass is 16.5. The molecule has 1 atom stereocenters. The predicted molar refractivity (Wildman–Crippen MR) is 101 cm³/mol. The lowest BCUT2D eigenvalue weighted by Gasteiger charge is -2.25. The molecule has 0 bridgehead atoms. The van der Waals surface area contributed by atoms with E-state index in [9.17, 15) is 0 Å². The van der Waals surface area contributed by atoms with Crippen molar-refractivity contribution in [3.63, 3.8) is 0 Å². The van der Waals surface area contributed by atoms with E-state index in [0.29, 0.717) is 5.92 Å². The van der Waals surface area contributed by atoms with Gasteiger partial charge in [-0.3, -0.25) is 0 Å². The Kier molecular flexibility index (Phi) is 3.98. The average Bonchev–Trinajstić information content (AvgIpc) is 3.22. The van der Waals surface area contributed by atoms with Crippen molar-refractivity contribution in [1.29, 1.82) is 0 Å². The van der Waals surface area contributed by atoms with Crippen molar-refractivity contribution in [3.05, 3.63) is 52.9 Å². The maximum absolute atomic E-state index is 5.31. The van der Waals surface area contributed by atoms with E-state index in [1.807, 2.05) is 6.92 Å². The third-order valence-electron chi connectivity index (χ3n) is 5.22.